The molecular formula is C47H28N4O2. The van der Waals surface area contributed by atoms with Crippen molar-refractivity contribution in [2.75, 3.05) is 0 Å². The third kappa shape index (κ3) is 4.39. The maximum absolute atomic E-state index is 6.63. The van der Waals surface area contributed by atoms with Crippen molar-refractivity contribution in [3.8, 4) is 68.2 Å². The summed E-state index contributed by atoms with van der Waals surface area (Å²) in [7, 11) is 0. The average molecular weight is 681 g/mol. The Balaban J connectivity index is 1.22. The van der Waals surface area contributed by atoms with E-state index < -0.39 is 5.41 Å². The molecule has 0 saturated heterocycles. The standard InChI is InChI=1S/C47H28N4O2/c1-3-14-29(15-4-1)43-49-44(30-16-5-2-6-17-30)51-45(50-43)31-26-27-32-37(28-31)47(34-19-7-10-23-39(34)52-40-24-11-8-20-35(40)47)36-21-13-18-33(42(32)36)46-48-38-22-9-12-25-41(38)53-46/h1-28H. The summed E-state index contributed by atoms with van der Waals surface area (Å²) in [5, 5.41) is 0. The van der Waals surface area contributed by atoms with Gasteiger partial charge in [0.25, 0.3) is 0 Å². The molecule has 1 aliphatic carbocycles. The monoisotopic (exact) mass is 680 g/mol. The first-order valence-electron chi connectivity index (χ1n) is 17.6. The zero-order valence-electron chi connectivity index (χ0n) is 28.3. The molecule has 0 unspecified atom stereocenters. The Bertz CT molecular complexity index is 2750. The van der Waals surface area contributed by atoms with Crippen molar-refractivity contribution < 1.29 is 9.15 Å². The number of hydrogen-bond acceptors (Lipinski definition) is 6. The molecule has 0 atom stereocenters. The molecule has 1 aliphatic heterocycles. The summed E-state index contributed by atoms with van der Waals surface area (Å²) in [5.74, 6) is 4.06. The predicted octanol–water partition coefficient (Wildman–Crippen LogP) is 11.1. The highest BCUT2D eigenvalue weighted by atomic mass is 16.5. The quantitative estimate of drug-likeness (QED) is 0.184. The van der Waals surface area contributed by atoms with Gasteiger partial charge in [-0.2, -0.15) is 0 Å². The van der Waals surface area contributed by atoms with Crippen LogP contribution in [0.15, 0.2) is 174 Å². The SMILES string of the molecule is c1ccc(-c2nc(-c3ccccc3)nc(-c3ccc4c(c3)C3(c5ccccc5Oc5ccccc53)c3cccc(-c5nc6ccccc6o5)c3-4)n2)cc1. The molecule has 0 saturated carbocycles. The van der Waals surface area contributed by atoms with E-state index in [0.29, 0.717) is 23.4 Å². The molecular weight excluding hydrogens is 653 g/mol. The summed E-state index contributed by atoms with van der Waals surface area (Å²) >= 11 is 0. The molecule has 6 nitrogen and oxygen atoms in total. The van der Waals surface area contributed by atoms with E-state index in [1.165, 1.54) is 0 Å². The molecule has 53 heavy (non-hydrogen) atoms. The van der Waals surface area contributed by atoms with Gasteiger partial charge < -0.3 is 9.15 Å². The predicted molar refractivity (Wildman–Crippen MR) is 207 cm³/mol. The molecule has 2 aromatic heterocycles. The number of aromatic nitrogens is 4. The van der Waals surface area contributed by atoms with Crippen molar-refractivity contribution >= 4 is 11.1 Å². The van der Waals surface area contributed by atoms with E-state index in [1.54, 1.807) is 0 Å². The van der Waals surface area contributed by atoms with Gasteiger partial charge in [0.15, 0.2) is 23.1 Å². The molecule has 9 aromatic rings. The fourth-order valence-electron chi connectivity index (χ4n) is 8.19. The van der Waals surface area contributed by atoms with E-state index in [9.17, 15) is 0 Å². The first-order valence-corrected chi connectivity index (χ1v) is 17.6. The molecule has 248 valence electrons. The topological polar surface area (TPSA) is 73.9 Å². The lowest BCUT2D eigenvalue weighted by Crippen LogP contribution is -2.32. The van der Waals surface area contributed by atoms with E-state index in [2.05, 4.69) is 72.8 Å². The Morgan fingerprint density at radius 3 is 1.62 bits per heavy atom. The first kappa shape index (κ1) is 29.5. The lowest BCUT2D eigenvalue weighted by molar-refractivity contribution is 0.436. The Labute approximate surface area is 305 Å². The van der Waals surface area contributed by atoms with Gasteiger partial charge in [-0.05, 0) is 58.7 Å². The molecule has 11 rings (SSSR count). The minimum absolute atomic E-state index is 0.584. The van der Waals surface area contributed by atoms with Crippen molar-refractivity contribution in [2.24, 2.45) is 0 Å². The van der Waals surface area contributed by atoms with Crippen molar-refractivity contribution in [3.63, 3.8) is 0 Å². The minimum atomic E-state index is -0.717. The first-order chi connectivity index (χ1) is 26.3. The molecule has 7 aromatic carbocycles. The van der Waals surface area contributed by atoms with E-state index in [1.807, 2.05) is 97.1 Å². The number of para-hydroxylation sites is 4. The van der Waals surface area contributed by atoms with Crippen molar-refractivity contribution in [3.05, 3.63) is 192 Å². The number of rotatable bonds is 4. The van der Waals surface area contributed by atoms with Crippen LogP contribution in [-0.4, -0.2) is 19.9 Å². The molecule has 0 N–H and O–H groups in total. The maximum Gasteiger partial charge on any atom is 0.227 e. The average Bonchev–Trinajstić information content (AvgIpc) is 3.79. The largest absolute Gasteiger partial charge is 0.457 e. The highest BCUT2D eigenvalue weighted by Gasteiger charge is 2.52. The van der Waals surface area contributed by atoms with Gasteiger partial charge in [0.05, 0.1) is 5.41 Å². The molecule has 2 aliphatic rings. The zero-order chi connectivity index (χ0) is 34.9. The summed E-state index contributed by atoms with van der Waals surface area (Å²) in [6.45, 7) is 0. The molecule has 0 amide bonds. The number of hydrogen-bond donors (Lipinski definition) is 0. The summed E-state index contributed by atoms with van der Waals surface area (Å²) in [4.78, 5) is 20.2. The summed E-state index contributed by atoms with van der Waals surface area (Å²) in [6.07, 6.45) is 0. The maximum atomic E-state index is 6.63. The van der Waals surface area contributed by atoms with E-state index in [-0.39, 0.29) is 0 Å². The molecule has 0 radical (unpaired) electrons. The molecule has 1 spiro atoms. The lowest BCUT2D eigenvalue weighted by atomic mass is 9.66. The Morgan fingerprint density at radius 1 is 0.396 bits per heavy atom. The summed E-state index contributed by atoms with van der Waals surface area (Å²) < 4.78 is 13.1. The summed E-state index contributed by atoms with van der Waals surface area (Å²) in [6, 6.07) is 57.9. The van der Waals surface area contributed by atoms with Crippen molar-refractivity contribution in [2.45, 2.75) is 5.41 Å². The van der Waals surface area contributed by atoms with Crippen LogP contribution < -0.4 is 4.74 Å². The van der Waals surface area contributed by atoms with Crippen molar-refractivity contribution in [1.29, 1.82) is 0 Å². The number of fused-ring (bicyclic) bond motifs is 10. The van der Waals surface area contributed by atoms with Crippen LogP contribution in [0.4, 0.5) is 0 Å². The van der Waals surface area contributed by atoms with Gasteiger partial charge in [-0.25, -0.2) is 19.9 Å². The van der Waals surface area contributed by atoms with Gasteiger partial charge >= 0.3 is 0 Å². The number of oxazole rings is 1. The van der Waals surface area contributed by atoms with Gasteiger partial charge in [-0.1, -0.05) is 133 Å². The minimum Gasteiger partial charge on any atom is -0.457 e. The fourth-order valence-corrected chi connectivity index (χ4v) is 8.19. The van der Waals surface area contributed by atoms with Gasteiger partial charge in [-0.15, -0.1) is 0 Å². The van der Waals surface area contributed by atoms with Crippen LogP contribution in [0.3, 0.4) is 0 Å². The smallest absolute Gasteiger partial charge is 0.227 e. The van der Waals surface area contributed by atoms with Gasteiger partial charge in [0, 0.05) is 33.4 Å². The van der Waals surface area contributed by atoms with Crippen LogP contribution in [0, 0.1) is 0 Å². The van der Waals surface area contributed by atoms with Crippen molar-refractivity contribution in [1.82, 2.24) is 19.9 Å². The Morgan fingerprint density at radius 2 is 0.962 bits per heavy atom. The second-order valence-electron chi connectivity index (χ2n) is 13.4. The van der Waals surface area contributed by atoms with Crippen LogP contribution in [0.2, 0.25) is 0 Å². The highest BCUT2D eigenvalue weighted by molar-refractivity contribution is 5.97. The van der Waals surface area contributed by atoms with Gasteiger partial charge in [-0.3, -0.25) is 0 Å². The third-order valence-electron chi connectivity index (χ3n) is 10.4. The van der Waals surface area contributed by atoms with Crippen LogP contribution in [0.1, 0.15) is 22.3 Å². The highest BCUT2D eigenvalue weighted by Crippen LogP contribution is 2.63. The third-order valence-corrected chi connectivity index (χ3v) is 10.4. The van der Waals surface area contributed by atoms with Gasteiger partial charge in [0.1, 0.15) is 17.0 Å². The number of ether oxygens (including phenoxy) is 1. The fraction of sp³-hybridized carbons (Fsp3) is 0.0213. The molecule has 3 heterocycles. The lowest BCUT2D eigenvalue weighted by Gasteiger charge is -2.39. The Hall–Kier alpha value is -7.18. The van der Waals surface area contributed by atoms with Gasteiger partial charge in [0.2, 0.25) is 5.89 Å². The second kappa shape index (κ2) is 11.4. The van der Waals surface area contributed by atoms with E-state index in [0.717, 1.165) is 78.2 Å². The second-order valence-corrected chi connectivity index (χ2v) is 13.4. The number of nitrogens with zero attached hydrogens (tertiary/aromatic N) is 4. The molecule has 0 bridgehead atoms. The van der Waals surface area contributed by atoms with Crippen LogP contribution in [0.5, 0.6) is 11.5 Å². The van der Waals surface area contributed by atoms with Crippen LogP contribution in [-0.2, 0) is 5.41 Å². The normalized spacial score (nSPS) is 13.2. The zero-order valence-corrected chi connectivity index (χ0v) is 28.3. The Kier molecular flexibility index (Phi) is 6.36. The number of benzene rings is 7. The van der Waals surface area contributed by atoms with E-state index in [4.69, 9.17) is 29.1 Å². The van der Waals surface area contributed by atoms with Crippen LogP contribution >= 0.6 is 0 Å². The summed E-state index contributed by atoms with van der Waals surface area (Å²) in [5.41, 5.74) is 11.1. The van der Waals surface area contributed by atoms with E-state index >= 15 is 0 Å². The molecule has 0 fully saturated rings. The molecule has 6 heteroatoms. The van der Waals surface area contributed by atoms with Crippen LogP contribution in [0.25, 0.3) is 67.8 Å².